The Kier molecular flexibility index (Phi) is 4.25. The van der Waals surface area contributed by atoms with Crippen molar-refractivity contribution < 1.29 is 19.0 Å². The maximum absolute atomic E-state index is 14.3. The molecular weight excluding hydrogens is 299 g/mol. The summed E-state index contributed by atoms with van der Waals surface area (Å²) in [6.07, 6.45) is 0. The molecule has 1 N–H and O–H groups in total. The average Bonchev–Trinajstić information content (AvgIpc) is 2.55. The lowest BCUT2D eigenvalue weighted by Crippen LogP contribution is -2.36. The molecule has 0 unspecified atom stereocenters. The second kappa shape index (κ2) is 6.34. The molecule has 0 atom stereocenters. The third-order valence-electron chi connectivity index (χ3n) is 3.83. The largest absolute Gasteiger partial charge is 0.478 e. The van der Waals surface area contributed by atoms with Crippen LogP contribution in [0, 0.1) is 12.7 Å². The molecule has 1 aromatic heterocycles. The van der Waals surface area contributed by atoms with Gasteiger partial charge < -0.3 is 14.7 Å². The molecule has 6 heteroatoms. The summed E-state index contributed by atoms with van der Waals surface area (Å²) in [6, 6.07) is 7.83. The molecule has 2 aromatic rings. The maximum atomic E-state index is 14.3. The molecule has 120 valence electrons. The number of carboxylic acid groups (broad SMARTS) is 1. The molecule has 1 saturated heterocycles. The third-order valence-corrected chi connectivity index (χ3v) is 3.83. The Morgan fingerprint density at radius 1 is 1.26 bits per heavy atom. The van der Waals surface area contributed by atoms with Crippen LogP contribution >= 0.6 is 0 Å². The highest BCUT2D eigenvalue weighted by Crippen LogP contribution is 2.28. The summed E-state index contributed by atoms with van der Waals surface area (Å²) in [6.45, 7) is 4.32. The van der Waals surface area contributed by atoms with Gasteiger partial charge in [0.25, 0.3) is 0 Å². The van der Waals surface area contributed by atoms with Crippen LogP contribution in [-0.2, 0) is 4.74 Å². The molecule has 2 heterocycles. The van der Waals surface area contributed by atoms with Gasteiger partial charge in [-0.15, -0.1) is 0 Å². The van der Waals surface area contributed by atoms with Crippen molar-refractivity contribution in [2.24, 2.45) is 0 Å². The highest BCUT2D eigenvalue weighted by molar-refractivity contribution is 5.95. The van der Waals surface area contributed by atoms with Gasteiger partial charge in [0.2, 0.25) is 0 Å². The average molecular weight is 316 g/mol. The van der Waals surface area contributed by atoms with E-state index in [0.717, 1.165) is 5.56 Å². The first-order valence-electron chi connectivity index (χ1n) is 7.40. The Morgan fingerprint density at radius 2 is 2.00 bits per heavy atom. The number of pyridine rings is 1. The molecule has 1 aliphatic rings. The van der Waals surface area contributed by atoms with Crippen LogP contribution in [0.25, 0.3) is 11.3 Å². The standard InChI is InChI=1S/C17H17FN2O3/c1-11-2-3-12(14(18)10-11)16-13(17(21)22)4-5-15(19-16)20-6-8-23-9-7-20/h2-5,10H,6-9H2,1H3,(H,21,22). The minimum absolute atomic E-state index is 0.00948. The van der Waals surface area contributed by atoms with Crippen LogP contribution in [0.5, 0.6) is 0 Å². The number of aryl methyl sites for hydroxylation is 1. The smallest absolute Gasteiger partial charge is 0.337 e. The second-order valence-electron chi connectivity index (χ2n) is 5.45. The molecule has 0 amide bonds. The summed E-state index contributed by atoms with van der Waals surface area (Å²) in [5.74, 6) is -0.964. The van der Waals surface area contributed by atoms with Crippen molar-refractivity contribution in [1.82, 2.24) is 4.98 Å². The Bertz CT molecular complexity index is 743. The van der Waals surface area contributed by atoms with Crippen molar-refractivity contribution in [3.8, 4) is 11.3 Å². The van der Waals surface area contributed by atoms with E-state index in [1.54, 1.807) is 25.1 Å². The summed E-state index contributed by atoms with van der Waals surface area (Å²) in [5.41, 5.74) is 1.11. The molecule has 0 saturated carbocycles. The van der Waals surface area contributed by atoms with Gasteiger partial charge >= 0.3 is 5.97 Å². The number of morpholine rings is 1. The van der Waals surface area contributed by atoms with Crippen LogP contribution in [0.1, 0.15) is 15.9 Å². The SMILES string of the molecule is Cc1ccc(-c2nc(N3CCOCC3)ccc2C(=O)O)c(F)c1. The highest BCUT2D eigenvalue weighted by atomic mass is 19.1. The number of ether oxygens (including phenoxy) is 1. The van der Waals surface area contributed by atoms with E-state index in [1.807, 2.05) is 4.90 Å². The zero-order valence-electron chi connectivity index (χ0n) is 12.8. The van der Waals surface area contributed by atoms with Gasteiger partial charge in [0.05, 0.1) is 24.5 Å². The minimum atomic E-state index is -1.12. The van der Waals surface area contributed by atoms with E-state index in [0.29, 0.717) is 32.1 Å². The number of carbonyl (C=O) groups is 1. The molecule has 0 spiro atoms. The Morgan fingerprint density at radius 3 is 2.65 bits per heavy atom. The van der Waals surface area contributed by atoms with E-state index >= 15 is 0 Å². The monoisotopic (exact) mass is 316 g/mol. The Labute approximate surface area is 133 Å². The number of halogens is 1. The molecule has 23 heavy (non-hydrogen) atoms. The van der Waals surface area contributed by atoms with Crippen LogP contribution < -0.4 is 4.90 Å². The summed E-state index contributed by atoms with van der Waals surface area (Å²) < 4.78 is 19.6. The van der Waals surface area contributed by atoms with E-state index in [4.69, 9.17) is 4.74 Å². The zero-order chi connectivity index (χ0) is 16.4. The van der Waals surface area contributed by atoms with Gasteiger partial charge in [-0.1, -0.05) is 6.07 Å². The van der Waals surface area contributed by atoms with Gasteiger partial charge in [-0.3, -0.25) is 0 Å². The maximum Gasteiger partial charge on any atom is 0.337 e. The van der Waals surface area contributed by atoms with Crippen LogP contribution in [0.4, 0.5) is 10.2 Å². The number of anilines is 1. The molecule has 3 rings (SSSR count). The van der Waals surface area contributed by atoms with Crippen molar-refractivity contribution in [2.45, 2.75) is 6.92 Å². The molecule has 1 aromatic carbocycles. The molecule has 1 fully saturated rings. The molecular formula is C17H17FN2O3. The van der Waals surface area contributed by atoms with Crippen molar-refractivity contribution in [3.05, 3.63) is 47.3 Å². The van der Waals surface area contributed by atoms with E-state index in [2.05, 4.69) is 4.98 Å². The topological polar surface area (TPSA) is 62.7 Å². The second-order valence-corrected chi connectivity index (χ2v) is 5.45. The first kappa shape index (κ1) is 15.4. The van der Waals surface area contributed by atoms with E-state index in [1.165, 1.54) is 12.1 Å². The Hall–Kier alpha value is -2.47. The molecule has 1 aliphatic heterocycles. The fourth-order valence-electron chi connectivity index (χ4n) is 2.61. The number of rotatable bonds is 3. The predicted molar refractivity (Wildman–Crippen MR) is 84.4 cm³/mol. The fraction of sp³-hybridized carbons (Fsp3) is 0.294. The van der Waals surface area contributed by atoms with Crippen molar-refractivity contribution >= 4 is 11.8 Å². The van der Waals surface area contributed by atoms with E-state index in [-0.39, 0.29) is 16.8 Å². The van der Waals surface area contributed by atoms with Gasteiger partial charge in [-0.25, -0.2) is 14.2 Å². The first-order valence-corrected chi connectivity index (χ1v) is 7.40. The third kappa shape index (κ3) is 3.17. The van der Waals surface area contributed by atoms with Crippen molar-refractivity contribution in [2.75, 3.05) is 31.2 Å². The number of carboxylic acids is 1. The van der Waals surface area contributed by atoms with Gasteiger partial charge in [0, 0.05) is 18.7 Å². The molecule has 0 aliphatic carbocycles. The molecule has 5 nitrogen and oxygen atoms in total. The van der Waals surface area contributed by atoms with Gasteiger partial charge in [-0.2, -0.15) is 0 Å². The quantitative estimate of drug-likeness (QED) is 0.943. The van der Waals surface area contributed by atoms with E-state index in [9.17, 15) is 14.3 Å². The Balaban J connectivity index is 2.09. The normalized spacial score (nSPS) is 14.8. The molecule has 0 radical (unpaired) electrons. The summed E-state index contributed by atoms with van der Waals surface area (Å²) >= 11 is 0. The summed E-state index contributed by atoms with van der Waals surface area (Å²) in [7, 11) is 0. The number of benzene rings is 1. The van der Waals surface area contributed by atoms with Crippen LogP contribution in [0.2, 0.25) is 0 Å². The predicted octanol–water partition coefficient (Wildman–Crippen LogP) is 2.73. The number of aromatic carboxylic acids is 1. The summed E-state index contributed by atoms with van der Waals surface area (Å²) in [4.78, 5) is 17.9. The van der Waals surface area contributed by atoms with Gasteiger partial charge in [0.15, 0.2) is 0 Å². The summed E-state index contributed by atoms with van der Waals surface area (Å²) in [5, 5.41) is 9.38. The lowest BCUT2D eigenvalue weighted by Gasteiger charge is -2.28. The van der Waals surface area contributed by atoms with Gasteiger partial charge in [0.1, 0.15) is 11.6 Å². The van der Waals surface area contributed by atoms with Gasteiger partial charge in [-0.05, 0) is 36.8 Å². The zero-order valence-corrected chi connectivity index (χ0v) is 12.8. The van der Waals surface area contributed by atoms with Crippen LogP contribution in [-0.4, -0.2) is 42.4 Å². The number of aromatic nitrogens is 1. The minimum Gasteiger partial charge on any atom is -0.478 e. The number of hydrogen-bond donors (Lipinski definition) is 1. The highest BCUT2D eigenvalue weighted by Gasteiger charge is 2.20. The van der Waals surface area contributed by atoms with Crippen molar-refractivity contribution in [3.63, 3.8) is 0 Å². The lowest BCUT2D eigenvalue weighted by atomic mass is 10.0. The first-order chi connectivity index (χ1) is 11.1. The fourth-order valence-corrected chi connectivity index (χ4v) is 2.61. The van der Waals surface area contributed by atoms with Crippen molar-refractivity contribution in [1.29, 1.82) is 0 Å². The number of hydrogen-bond acceptors (Lipinski definition) is 4. The number of nitrogens with zero attached hydrogens (tertiary/aromatic N) is 2. The lowest BCUT2D eigenvalue weighted by molar-refractivity contribution is 0.0697. The van der Waals surface area contributed by atoms with E-state index < -0.39 is 11.8 Å². The van der Waals surface area contributed by atoms with Crippen LogP contribution in [0.3, 0.4) is 0 Å². The van der Waals surface area contributed by atoms with Crippen LogP contribution in [0.15, 0.2) is 30.3 Å². The molecule has 0 bridgehead atoms.